The Labute approximate surface area is 125 Å². The van der Waals surface area contributed by atoms with Gasteiger partial charge in [-0.15, -0.1) is 0 Å². The Balaban J connectivity index is 2.72. The number of rotatable bonds is 7. The highest BCUT2D eigenvalue weighted by Gasteiger charge is 2.14. The van der Waals surface area contributed by atoms with Crippen molar-refractivity contribution in [3.63, 3.8) is 0 Å². The predicted molar refractivity (Wildman–Crippen MR) is 83.9 cm³/mol. The molecule has 1 N–H and O–H groups in total. The normalized spacial score (nSPS) is 13.3. The van der Waals surface area contributed by atoms with Crippen LogP contribution in [0.2, 0.25) is 0 Å². The molecule has 0 saturated carbocycles. The van der Waals surface area contributed by atoms with Gasteiger partial charge < -0.3 is 5.32 Å². The molecule has 1 atom stereocenters. The third kappa shape index (κ3) is 6.53. The van der Waals surface area contributed by atoms with E-state index in [1.165, 1.54) is 6.07 Å². The molecule has 108 valence electrons. The number of halogens is 2. The molecule has 1 unspecified atom stereocenters. The van der Waals surface area contributed by atoms with Crippen molar-refractivity contribution in [1.29, 1.82) is 0 Å². The minimum atomic E-state index is -0.154. The monoisotopic (exact) mass is 329 g/mol. The Morgan fingerprint density at radius 1 is 1.21 bits per heavy atom. The molecule has 0 heterocycles. The van der Waals surface area contributed by atoms with E-state index < -0.39 is 0 Å². The summed E-state index contributed by atoms with van der Waals surface area (Å²) in [5.74, 6) is 1.05. The highest BCUT2D eigenvalue weighted by Crippen LogP contribution is 2.24. The molecular weight excluding hydrogens is 305 g/mol. The van der Waals surface area contributed by atoms with E-state index in [9.17, 15) is 4.39 Å². The Bertz CT molecular complexity index is 390. The molecule has 1 aromatic carbocycles. The standard InChI is InChI=1S/C16H25BrFN/c1-11(2)7-13(10-19-12(3)4)8-14-9-15(18)5-6-16(14)17/h5-6,9,11-13,19H,7-8,10H2,1-4H3. The lowest BCUT2D eigenvalue weighted by Gasteiger charge is -2.21. The summed E-state index contributed by atoms with van der Waals surface area (Å²) in [7, 11) is 0. The van der Waals surface area contributed by atoms with Gasteiger partial charge in [0.15, 0.2) is 0 Å². The van der Waals surface area contributed by atoms with Crippen LogP contribution in [-0.2, 0) is 6.42 Å². The van der Waals surface area contributed by atoms with Gasteiger partial charge in [-0.3, -0.25) is 0 Å². The van der Waals surface area contributed by atoms with E-state index in [0.717, 1.165) is 29.4 Å². The van der Waals surface area contributed by atoms with Crippen molar-refractivity contribution in [2.24, 2.45) is 11.8 Å². The first-order chi connectivity index (χ1) is 8.88. The van der Waals surface area contributed by atoms with Crippen LogP contribution < -0.4 is 5.32 Å². The van der Waals surface area contributed by atoms with Crippen LogP contribution in [0.15, 0.2) is 22.7 Å². The highest BCUT2D eigenvalue weighted by atomic mass is 79.9. The first kappa shape index (κ1) is 16.6. The zero-order valence-corrected chi connectivity index (χ0v) is 13.9. The molecule has 1 rings (SSSR count). The summed E-state index contributed by atoms with van der Waals surface area (Å²) in [6.07, 6.45) is 2.07. The van der Waals surface area contributed by atoms with Crippen molar-refractivity contribution < 1.29 is 4.39 Å². The summed E-state index contributed by atoms with van der Waals surface area (Å²) in [6.45, 7) is 9.78. The van der Waals surface area contributed by atoms with E-state index in [1.54, 1.807) is 12.1 Å². The molecule has 0 fully saturated rings. The summed E-state index contributed by atoms with van der Waals surface area (Å²) in [5, 5.41) is 3.50. The lowest BCUT2D eigenvalue weighted by atomic mass is 9.90. The Morgan fingerprint density at radius 3 is 2.47 bits per heavy atom. The maximum Gasteiger partial charge on any atom is 0.123 e. The smallest absolute Gasteiger partial charge is 0.123 e. The van der Waals surface area contributed by atoms with E-state index in [1.807, 2.05) is 0 Å². The first-order valence-corrected chi connectivity index (χ1v) is 7.85. The van der Waals surface area contributed by atoms with Crippen LogP contribution in [0.1, 0.15) is 39.7 Å². The van der Waals surface area contributed by atoms with Crippen molar-refractivity contribution in [1.82, 2.24) is 5.32 Å². The molecule has 0 aliphatic rings. The summed E-state index contributed by atoms with van der Waals surface area (Å²) in [5.41, 5.74) is 1.07. The van der Waals surface area contributed by atoms with Gasteiger partial charge in [0, 0.05) is 10.5 Å². The van der Waals surface area contributed by atoms with Gasteiger partial charge >= 0.3 is 0 Å². The summed E-state index contributed by atoms with van der Waals surface area (Å²) < 4.78 is 14.3. The number of hydrogen-bond donors (Lipinski definition) is 1. The lowest BCUT2D eigenvalue weighted by Crippen LogP contribution is -2.30. The quantitative estimate of drug-likeness (QED) is 0.758. The van der Waals surface area contributed by atoms with Crippen molar-refractivity contribution >= 4 is 15.9 Å². The SMILES string of the molecule is CC(C)CC(CNC(C)C)Cc1cc(F)ccc1Br. The zero-order chi connectivity index (χ0) is 14.4. The second-order valence-electron chi connectivity index (χ2n) is 6.00. The third-order valence-electron chi connectivity index (χ3n) is 3.14. The van der Waals surface area contributed by atoms with Crippen LogP contribution in [0.3, 0.4) is 0 Å². The molecular formula is C16H25BrFN. The van der Waals surface area contributed by atoms with E-state index in [2.05, 4.69) is 48.9 Å². The van der Waals surface area contributed by atoms with Crippen LogP contribution in [0.25, 0.3) is 0 Å². The van der Waals surface area contributed by atoms with Gasteiger partial charge in [-0.2, -0.15) is 0 Å². The van der Waals surface area contributed by atoms with Crippen LogP contribution >= 0.6 is 15.9 Å². The third-order valence-corrected chi connectivity index (χ3v) is 3.91. The van der Waals surface area contributed by atoms with Crippen LogP contribution in [0.5, 0.6) is 0 Å². The lowest BCUT2D eigenvalue weighted by molar-refractivity contribution is 0.372. The molecule has 19 heavy (non-hydrogen) atoms. The summed E-state index contributed by atoms with van der Waals surface area (Å²) >= 11 is 3.52. The number of nitrogens with one attached hydrogen (secondary N) is 1. The largest absolute Gasteiger partial charge is 0.314 e. The fourth-order valence-corrected chi connectivity index (χ4v) is 2.73. The molecule has 0 saturated heterocycles. The average molecular weight is 330 g/mol. The molecule has 1 aromatic rings. The highest BCUT2D eigenvalue weighted by molar-refractivity contribution is 9.10. The molecule has 0 aromatic heterocycles. The fourth-order valence-electron chi connectivity index (χ4n) is 2.32. The van der Waals surface area contributed by atoms with E-state index in [-0.39, 0.29) is 5.82 Å². The van der Waals surface area contributed by atoms with Gasteiger partial charge in [-0.25, -0.2) is 4.39 Å². The fraction of sp³-hybridized carbons (Fsp3) is 0.625. The predicted octanol–water partition coefficient (Wildman–Crippen LogP) is 4.79. The van der Waals surface area contributed by atoms with Gasteiger partial charge in [-0.05, 0) is 55.0 Å². The van der Waals surface area contributed by atoms with Gasteiger partial charge in [0.2, 0.25) is 0 Å². The molecule has 0 aliphatic heterocycles. The van der Waals surface area contributed by atoms with Crippen molar-refractivity contribution in [2.75, 3.05) is 6.54 Å². The number of benzene rings is 1. The van der Waals surface area contributed by atoms with Crippen LogP contribution in [-0.4, -0.2) is 12.6 Å². The van der Waals surface area contributed by atoms with Gasteiger partial charge in [-0.1, -0.05) is 43.6 Å². The van der Waals surface area contributed by atoms with Crippen molar-refractivity contribution in [3.8, 4) is 0 Å². The summed E-state index contributed by atoms with van der Waals surface area (Å²) in [6, 6.07) is 5.43. The van der Waals surface area contributed by atoms with Crippen molar-refractivity contribution in [3.05, 3.63) is 34.1 Å². The zero-order valence-electron chi connectivity index (χ0n) is 12.3. The first-order valence-electron chi connectivity index (χ1n) is 7.05. The maximum absolute atomic E-state index is 13.3. The Morgan fingerprint density at radius 2 is 1.89 bits per heavy atom. The van der Waals surface area contributed by atoms with Gasteiger partial charge in [0.1, 0.15) is 5.82 Å². The van der Waals surface area contributed by atoms with E-state index in [4.69, 9.17) is 0 Å². The molecule has 1 nitrogen and oxygen atoms in total. The molecule has 3 heteroatoms. The second kappa shape index (κ2) is 8.01. The minimum Gasteiger partial charge on any atom is -0.314 e. The molecule has 0 radical (unpaired) electrons. The number of hydrogen-bond acceptors (Lipinski definition) is 1. The van der Waals surface area contributed by atoms with Crippen molar-refractivity contribution in [2.45, 2.75) is 46.6 Å². The van der Waals surface area contributed by atoms with E-state index >= 15 is 0 Å². The van der Waals surface area contributed by atoms with Gasteiger partial charge in [0.25, 0.3) is 0 Å². The minimum absolute atomic E-state index is 0.154. The Hall–Kier alpha value is -0.410. The topological polar surface area (TPSA) is 12.0 Å². The second-order valence-corrected chi connectivity index (χ2v) is 6.85. The molecule has 0 bridgehead atoms. The Kier molecular flexibility index (Phi) is 7.01. The van der Waals surface area contributed by atoms with Crippen LogP contribution in [0, 0.1) is 17.7 Å². The molecule has 0 spiro atoms. The molecule has 0 amide bonds. The molecule has 0 aliphatic carbocycles. The summed E-state index contributed by atoms with van der Waals surface area (Å²) in [4.78, 5) is 0. The van der Waals surface area contributed by atoms with Gasteiger partial charge in [0.05, 0.1) is 0 Å². The van der Waals surface area contributed by atoms with Crippen LogP contribution in [0.4, 0.5) is 4.39 Å². The van der Waals surface area contributed by atoms with E-state index in [0.29, 0.717) is 17.9 Å². The maximum atomic E-state index is 13.3. The average Bonchev–Trinajstić information content (AvgIpc) is 2.30.